The SMILES string of the molecule is Cc1ncnc(NC2(C(=O)O)CCCCCC2)c1F. The van der Waals surface area contributed by atoms with Crippen molar-refractivity contribution in [3.05, 3.63) is 17.8 Å². The van der Waals surface area contributed by atoms with Crippen molar-refractivity contribution in [1.82, 2.24) is 9.97 Å². The Labute approximate surface area is 111 Å². The van der Waals surface area contributed by atoms with Crippen molar-refractivity contribution < 1.29 is 14.3 Å². The molecule has 0 amide bonds. The van der Waals surface area contributed by atoms with E-state index < -0.39 is 17.3 Å². The number of anilines is 1. The molecule has 6 heteroatoms. The summed E-state index contributed by atoms with van der Waals surface area (Å²) >= 11 is 0. The summed E-state index contributed by atoms with van der Waals surface area (Å²) in [5, 5.41) is 12.3. The Balaban J connectivity index is 2.30. The van der Waals surface area contributed by atoms with Gasteiger partial charge in [-0.1, -0.05) is 25.7 Å². The van der Waals surface area contributed by atoms with Crippen LogP contribution in [0, 0.1) is 12.7 Å². The van der Waals surface area contributed by atoms with E-state index in [1.165, 1.54) is 13.3 Å². The highest BCUT2D eigenvalue weighted by molar-refractivity contribution is 5.82. The predicted octanol–water partition coefficient (Wildman–Crippen LogP) is 2.51. The molecule has 0 unspecified atom stereocenters. The lowest BCUT2D eigenvalue weighted by atomic mass is 9.90. The third-order valence-corrected chi connectivity index (χ3v) is 3.69. The number of aromatic nitrogens is 2. The van der Waals surface area contributed by atoms with Crippen molar-refractivity contribution >= 4 is 11.8 Å². The highest BCUT2D eigenvalue weighted by Gasteiger charge is 2.39. The summed E-state index contributed by atoms with van der Waals surface area (Å²) in [5.41, 5.74) is -0.898. The van der Waals surface area contributed by atoms with Gasteiger partial charge in [0.25, 0.3) is 0 Å². The van der Waals surface area contributed by atoms with Gasteiger partial charge in [0.2, 0.25) is 0 Å². The maximum absolute atomic E-state index is 13.9. The lowest BCUT2D eigenvalue weighted by Crippen LogP contribution is -2.46. The number of halogens is 1. The molecule has 2 rings (SSSR count). The Morgan fingerprint density at radius 2 is 1.95 bits per heavy atom. The second-order valence-corrected chi connectivity index (χ2v) is 5.05. The van der Waals surface area contributed by atoms with Crippen LogP contribution in [0.5, 0.6) is 0 Å². The van der Waals surface area contributed by atoms with Crippen molar-refractivity contribution in [1.29, 1.82) is 0 Å². The average molecular weight is 267 g/mol. The van der Waals surface area contributed by atoms with Gasteiger partial charge in [-0.2, -0.15) is 0 Å². The molecule has 0 aliphatic heterocycles. The van der Waals surface area contributed by atoms with E-state index in [2.05, 4.69) is 15.3 Å². The molecule has 0 atom stereocenters. The molecular formula is C13H18FN3O2. The minimum atomic E-state index is -1.11. The Kier molecular flexibility index (Phi) is 3.97. The molecule has 1 aliphatic rings. The van der Waals surface area contributed by atoms with Crippen LogP contribution in [0.15, 0.2) is 6.33 Å². The zero-order valence-electron chi connectivity index (χ0n) is 10.9. The maximum atomic E-state index is 13.9. The highest BCUT2D eigenvalue weighted by atomic mass is 19.1. The summed E-state index contributed by atoms with van der Waals surface area (Å²) in [6.07, 6.45) is 5.91. The normalized spacial score (nSPS) is 18.6. The Hall–Kier alpha value is -1.72. The van der Waals surface area contributed by atoms with Crippen LogP contribution in [0.4, 0.5) is 10.2 Å². The number of hydrogen-bond acceptors (Lipinski definition) is 4. The lowest BCUT2D eigenvalue weighted by molar-refractivity contribution is -0.142. The Morgan fingerprint density at radius 1 is 1.32 bits per heavy atom. The summed E-state index contributed by atoms with van der Waals surface area (Å²) < 4.78 is 13.9. The van der Waals surface area contributed by atoms with Gasteiger partial charge in [0.15, 0.2) is 11.6 Å². The van der Waals surface area contributed by atoms with Crippen molar-refractivity contribution in [3.8, 4) is 0 Å². The third kappa shape index (κ3) is 2.83. The molecule has 2 N–H and O–H groups in total. The zero-order chi connectivity index (χ0) is 13.9. The predicted molar refractivity (Wildman–Crippen MR) is 68.4 cm³/mol. The summed E-state index contributed by atoms with van der Waals surface area (Å²) in [5.74, 6) is -1.53. The first-order chi connectivity index (χ1) is 9.05. The molecular weight excluding hydrogens is 249 g/mol. The molecule has 0 aromatic carbocycles. The topological polar surface area (TPSA) is 75.1 Å². The molecule has 0 bridgehead atoms. The number of aliphatic carboxylic acids is 1. The summed E-state index contributed by atoms with van der Waals surface area (Å²) in [6, 6.07) is 0. The van der Waals surface area contributed by atoms with E-state index in [9.17, 15) is 14.3 Å². The molecule has 1 heterocycles. The second kappa shape index (κ2) is 5.50. The molecule has 19 heavy (non-hydrogen) atoms. The van der Waals surface area contributed by atoms with E-state index >= 15 is 0 Å². The molecule has 1 saturated carbocycles. The number of rotatable bonds is 3. The molecule has 0 radical (unpaired) electrons. The molecule has 1 aromatic rings. The first kappa shape index (κ1) is 13.7. The van der Waals surface area contributed by atoms with Crippen molar-refractivity contribution in [2.75, 3.05) is 5.32 Å². The van der Waals surface area contributed by atoms with E-state index in [0.717, 1.165) is 25.7 Å². The molecule has 5 nitrogen and oxygen atoms in total. The van der Waals surface area contributed by atoms with Crippen LogP contribution in [0.3, 0.4) is 0 Å². The third-order valence-electron chi connectivity index (χ3n) is 3.69. The monoisotopic (exact) mass is 267 g/mol. The minimum absolute atomic E-state index is 0.0169. The van der Waals surface area contributed by atoms with Crippen molar-refractivity contribution in [2.24, 2.45) is 0 Å². The van der Waals surface area contributed by atoms with Gasteiger partial charge in [0.05, 0.1) is 5.69 Å². The van der Waals surface area contributed by atoms with Gasteiger partial charge in [-0.05, 0) is 19.8 Å². The van der Waals surface area contributed by atoms with Crippen LogP contribution >= 0.6 is 0 Å². The maximum Gasteiger partial charge on any atom is 0.329 e. The molecule has 1 aromatic heterocycles. The molecule has 0 spiro atoms. The van der Waals surface area contributed by atoms with E-state index in [-0.39, 0.29) is 11.5 Å². The largest absolute Gasteiger partial charge is 0.480 e. The summed E-state index contributed by atoms with van der Waals surface area (Å²) in [7, 11) is 0. The van der Waals surface area contributed by atoms with E-state index in [1.54, 1.807) is 0 Å². The minimum Gasteiger partial charge on any atom is -0.480 e. The average Bonchev–Trinajstić information content (AvgIpc) is 2.62. The van der Waals surface area contributed by atoms with Crippen LogP contribution in [0.2, 0.25) is 0 Å². The van der Waals surface area contributed by atoms with Gasteiger partial charge in [-0.3, -0.25) is 0 Å². The fourth-order valence-electron chi connectivity index (χ4n) is 2.50. The van der Waals surface area contributed by atoms with Gasteiger partial charge in [-0.15, -0.1) is 0 Å². The van der Waals surface area contributed by atoms with Gasteiger partial charge < -0.3 is 10.4 Å². The van der Waals surface area contributed by atoms with E-state index in [4.69, 9.17) is 0 Å². The first-order valence-corrected chi connectivity index (χ1v) is 6.54. The lowest BCUT2D eigenvalue weighted by Gasteiger charge is -2.30. The van der Waals surface area contributed by atoms with Gasteiger partial charge in [0.1, 0.15) is 11.9 Å². The van der Waals surface area contributed by atoms with Crippen LogP contribution in [0.1, 0.15) is 44.2 Å². The van der Waals surface area contributed by atoms with Gasteiger partial charge in [0, 0.05) is 0 Å². The standard InChI is InChI=1S/C13H18FN3O2/c1-9-10(14)11(16-8-15-9)17-13(12(18)19)6-4-2-3-5-7-13/h8H,2-7H2,1H3,(H,18,19)(H,15,16,17). The fourth-order valence-corrected chi connectivity index (χ4v) is 2.50. The smallest absolute Gasteiger partial charge is 0.329 e. The quantitative estimate of drug-likeness (QED) is 0.823. The van der Waals surface area contributed by atoms with E-state index in [0.29, 0.717) is 12.8 Å². The molecule has 104 valence electrons. The number of nitrogens with one attached hydrogen (secondary N) is 1. The molecule has 0 saturated heterocycles. The molecule has 1 aliphatic carbocycles. The Morgan fingerprint density at radius 3 is 2.53 bits per heavy atom. The number of carboxylic acids is 1. The number of carbonyl (C=O) groups is 1. The van der Waals surface area contributed by atoms with Gasteiger partial charge in [-0.25, -0.2) is 19.2 Å². The van der Waals surface area contributed by atoms with Crippen molar-refractivity contribution in [3.63, 3.8) is 0 Å². The fraction of sp³-hybridized carbons (Fsp3) is 0.615. The number of nitrogens with zero attached hydrogens (tertiary/aromatic N) is 2. The zero-order valence-corrected chi connectivity index (χ0v) is 10.9. The summed E-state index contributed by atoms with van der Waals surface area (Å²) in [4.78, 5) is 19.2. The number of hydrogen-bond donors (Lipinski definition) is 2. The highest BCUT2D eigenvalue weighted by Crippen LogP contribution is 2.31. The van der Waals surface area contributed by atoms with Crippen LogP contribution in [-0.4, -0.2) is 26.6 Å². The number of carboxylic acid groups (broad SMARTS) is 1. The number of aryl methyl sites for hydroxylation is 1. The van der Waals surface area contributed by atoms with Crippen LogP contribution in [-0.2, 0) is 4.79 Å². The first-order valence-electron chi connectivity index (χ1n) is 6.54. The van der Waals surface area contributed by atoms with Crippen LogP contribution < -0.4 is 5.32 Å². The molecule has 1 fully saturated rings. The second-order valence-electron chi connectivity index (χ2n) is 5.05. The summed E-state index contributed by atoms with van der Waals surface area (Å²) in [6.45, 7) is 1.53. The Bertz CT molecular complexity index is 471. The van der Waals surface area contributed by atoms with Gasteiger partial charge >= 0.3 is 5.97 Å². The van der Waals surface area contributed by atoms with E-state index in [1.807, 2.05) is 0 Å². The van der Waals surface area contributed by atoms with Crippen molar-refractivity contribution in [2.45, 2.75) is 51.0 Å². The van der Waals surface area contributed by atoms with Crippen LogP contribution in [0.25, 0.3) is 0 Å².